The van der Waals surface area contributed by atoms with E-state index in [0.717, 1.165) is 15.6 Å². The molecule has 3 aromatic rings. The van der Waals surface area contributed by atoms with Crippen molar-refractivity contribution in [1.82, 2.24) is 24.8 Å². The molecule has 1 unspecified atom stereocenters. The van der Waals surface area contributed by atoms with E-state index in [9.17, 15) is 13.6 Å². The Bertz CT molecular complexity index is 1450. The first kappa shape index (κ1) is 30.4. The van der Waals surface area contributed by atoms with Gasteiger partial charge in [0.1, 0.15) is 16.3 Å². The summed E-state index contributed by atoms with van der Waals surface area (Å²) in [5.41, 5.74) is 2.69. The lowest BCUT2D eigenvalue weighted by atomic mass is 9.81. The number of ether oxygens (including phenoxy) is 1. The highest BCUT2D eigenvalue weighted by Gasteiger charge is 2.33. The van der Waals surface area contributed by atoms with Crippen LogP contribution in [0.15, 0.2) is 36.8 Å². The molecule has 0 saturated heterocycles. The van der Waals surface area contributed by atoms with Gasteiger partial charge in [0.05, 0.1) is 12.7 Å². The predicted molar refractivity (Wildman–Crippen MR) is 160 cm³/mol. The molecule has 14 heteroatoms. The SMILES string of the molecule is CN(c1nccnc1CNc1nc(Nc2ccc3c(c2)CCN(C(=O)OC(C)(C)C)CC3(C)C)ncc1Cl)S(=O)O. The third-order valence-electron chi connectivity index (χ3n) is 6.43. The Labute approximate surface area is 247 Å². The minimum atomic E-state index is -2.25. The second-order valence-electron chi connectivity index (χ2n) is 11.3. The van der Waals surface area contributed by atoms with Gasteiger partial charge in [-0.3, -0.25) is 13.8 Å². The first-order chi connectivity index (χ1) is 19.2. The van der Waals surface area contributed by atoms with Crippen molar-refractivity contribution in [3.63, 3.8) is 0 Å². The monoisotopic (exact) mass is 602 g/mol. The van der Waals surface area contributed by atoms with Gasteiger partial charge in [-0.1, -0.05) is 31.5 Å². The highest BCUT2D eigenvalue weighted by atomic mass is 35.5. The second kappa shape index (κ2) is 12.1. The van der Waals surface area contributed by atoms with Crippen LogP contribution in [0.5, 0.6) is 0 Å². The number of benzene rings is 1. The molecule has 12 nitrogen and oxygen atoms in total. The van der Waals surface area contributed by atoms with Gasteiger partial charge in [0.15, 0.2) is 11.6 Å². The quantitative estimate of drug-likeness (QED) is 0.318. The van der Waals surface area contributed by atoms with Crippen molar-refractivity contribution in [2.75, 3.05) is 35.1 Å². The van der Waals surface area contributed by atoms with Crippen molar-refractivity contribution < 1.29 is 18.3 Å². The fraction of sp³-hybridized carbons (Fsp3) is 0.444. The van der Waals surface area contributed by atoms with Crippen LogP contribution in [0.1, 0.15) is 51.4 Å². The van der Waals surface area contributed by atoms with Crippen LogP contribution in [-0.2, 0) is 34.4 Å². The van der Waals surface area contributed by atoms with Gasteiger partial charge in [0.25, 0.3) is 11.3 Å². The molecule has 1 aliphatic heterocycles. The topological polar surface area (TPSA) is 146 Å². The number of aromatic nitrogens is 4. The maximum atomic E-state index is 12.8. The largest absolute Gasteiger partial charge is 0.444 e. The van der Waals surface area contributed by atoms with Gasteiger partial charge in [0, 0.05) is 43.6 Å². The van der Waals surface area contributed by atoms with Gasteiger partial charge in [-0.15, -0.1) is 0 Å². The Kier molecular flexibility index (Phi) is 9.00. The standard InChI is InChI=1S/C27H35ClN8O4S/c1-26(2,3)40-25(37)36-12-9-17-13-18(7-8-19(17)27(4,5)16-36)33-24-32-14-20(28)22(34-24)31-15-21-23(30-11-10-29-21)35(6)41(38)39/h7-8,10-11,13-14H,9,12,15-16H2,1-6H3,(H,38,39)(H2,31,32,33,34). The van der Waals surface area contributed by atoms with Gasteiger partial charge in [-0.25, -0.2) is 19.0 Å². The number of anilines is 4. The summed E-state index contributed by atoms with van der Waals surface area (Å²) in [5.74, 6) is 0.938. The van der Waals surface area contributed by atoms with Crippen LogP contribution in [-0.4, -0.2) is 65.4 Å². The average Bonchev–Trinajstić information content (AvgIpc) is 3.03. The van der Waals surface area contributed by atoms with Gasteiger partial charge in [0.2, 0.25) is 5.95 Å². The molecule has 2 aromatic heterocycles. The summed E-state index contributed by atoms with van der Waals surface area (Å²) in [6, 6.07) is 6.09. The summed E-state index contributed by atoms with van der Waals surface area (Å²) in [7, 11) is 1.44. The molecule has 0 spiro atoms. The van der Waals surface area contributed by atoms with E-state index >= 15 is 0 Å². The molecule has 1 atom stereocenters. The van der Waals surface area contributed by atoms with Crippen molar-refractivity contribution in [1.29, 1.82) is 0 Å². The van der Waals surface area contributed by atoms with Crippen molar-refractivity contribution in [2.45, 2.75) is 58.6 Å². The van der Waals surface area contributed by atoms with Crippen LogP contribution in [0, 0.1) is 0 Å². The fourth-order valence-electron chi connectivity index (χ4n) is 4.59. The van der Waals surface area contributed by atoms with E-state index in [1.807, 2.05) is 26.8 Å². The zero-order chi connectivity index (χ0) is 29.9. The number of amides is 1. The molecule has 220 valence electrons. The Balaban J connectivity index is 1.50. The Morgan fingerprint density at radius 2 is 1.98 bits per heavy atom. The predicted octanol–water partition coefficient (Wildman–Crippen LogP) is 4.92. The van der Waals surface area contributed by atoms with Crippen LogP contribution in [0.2, 0.25) is 5.02 Å². The van der Waals surface area contributed by atoms with Crippen LogP contribution in [0.4, 0.5) is 28.1 Å². The average molecular weight is 603 g/mol. The lowest BCUT2D eigenvalue weighted by Gasteiger charge is -2.32. The van der Waals surface area contributed by atoms with Gasteiger partial charge >= 0.3 is 6.09 Å². The molecule has 0 radical (unpaired) electrons. The Morgan fingerprint density at radius 3 is 2.68 bits per heavy atom. The number of fused-ring (bicyclic) bond motifs is 1. The normalized spacial score (nSPS) is 15.4. The van der Waals surface area contributed by atoms with E-state index < -0.39 is 16.9 Å². The van der Waals surface area contributed by atoms with Crippen LogP contribution >= 0.6 is 11.6 Å². The molecule has 1 aromatic carbocycles. The molecule has 3 heterocycles. The number of carbonyl (C=O) groups excluding carboxylic acids is 1. The number of hydrogen-bond acceptors (Lipinski definition) is 9. The third-order valence-corrected chi connectivity index (χ3v) is 7.35. The molecule has 1 amide bonds. The molecular formula is C27H35ClN8O4S. The summed E-state index contributed by atoms with van der Waals surface area (Å²) in [6.45, 7) is 11.1. The number of nitrogens with zero attached hydrogens (tertiary/aromatic N) is 6. The third kappa shape index (κ3) is 7.60. The highest BCUT2D eigenvalue weighted by Crippen LogP contribution is 2.34. The van der Waals surface area contributed by atoms with E-state index in [-0.39, 0.29) is 23.9 Å². The number of halogens is 1. The summed E-state index contributed by atoms with van der Waals surface area (Å²) >= 11 is 4.10. The number of nitrogens with one attached hydrogen (secondary N) is 2. The lowest BCUT2D eigenvalue weighted by molar-refractivity contribution is 0.0225. The van der Waals surface area contributed by atoms with Gasteiger partial charge in [-0.2, -0.15) is 4.98 Å². The molecule has 0 aliphatic carbocycles. The number of hydrogen-bond donors (Lipinski definition) is 3. The number of carbonyl (C=O) groups is 1. The molecule has 0 bridgehead atoms. The van der Waals surface area contributed by atoms with E-state index in [1.165, 1.54) is 31.2 Å². The van der Waals surface area contributed by atoms with Crippen molar-refractivity contribution in [3.8, 4) is 0 Å². The summed E-state index contributed by atoms with van der Waals surface area (Å²) in [5, 5.41) is 6.65. The van der Waals surface area contributed by atoms with Crippen LogP contribution in [0.25, 0.3) is 0 Å². The van der Waals surface area contributed by atoms with Crippen LogP contribution in [0.3, 0.4) is 0 Å². The van der Waals surface area contributed by atoms with Gasteiger partial charge in [-0.05, 0) is 50.5 Å². The molecule has 0 saturated carbocycles. The van der Waals surface area contributed by atoms with E-state index in [0.29, 0.717) is 42.0 Å². The van der Waals surface area contributed by atoms with Crippen molar-refractivity contribution >= 4 is 52.2 Å². The molecule has 3 N–H and O–H groups in total. The fourth-order valence-corrected chi connectivity index (χ4v) is 5.05. The maximum Gasteiger partial charge on any atom is 0.410 e. The van der Waals surface area contributed by atoms with Gasteiger partial charge < -0.3 is 20.3 Å². The van der Waals surface area contributed by atoms with Crippen molar-refractivity contribution in [3.05, 3.63) is 58.6 Å². The Morgan fingerprint density at radius 1 is 1.24 bits per heavy atom. The molecular weight excluding hydrogens is 568 g/mol. The first-order valence-corrected chi connectivity index (χ1v) is 14.5. The molecule has 0 fully saturated rings. The maximum absolute atomic E-state index is 12.8. The Hall–Kier alpha value is -3.55. The molecule has 1 aliphatic rings. The number of rotatable bonds is 7. The first-order valence-electron chi connectivity index (χ1n) is 13.0. The highest BCUT2D eigenvalue weighted by molar-refractivity contribution is 7.80. The molecule has 4 rings (SSSR count). The zero-order valence-electron chi connectivity index (χ0n) is 23.9. The van der Waals surface area contributed by atoms with E-state index in [4.69, 9.17) is 16.3 Å². The van der Waals surface area contributed by atoms with E-state index in [2.05, 4.69) is 56.5 Å². The van der Waals surface area contributed by atoms with E-state index in [1.54, 1.807) is 4.90 Å². The van der Waals surface area contributed by atoms with Crippen LogP contribution < -0.4 is 14.9 Å². The smallest absolute Gasteiger partial charge is 0.410 e. The second-order valence-corrected chi connectivity index (χ2v) is 12.7. The molecule has 41 heavy (non-hydrogen) atoms. The summed E-state index contributed by atoms with van der Waals surface area (Å²) in [6.07, 6.45) is 4.79. The minimum absolute atomic E-state index is 0.156. The van der Waals surface area contributed by atoms with Crippen molar-refractivity contribution in [2.24, 2.45) is 0 Å². The summed E-state index contributed by atoms with van der Waals surface area (Å²) < 4.78 is 27.7. The zero-order valence-corrected chi connectivity index (χ0v) is 25.5. The lowest BCUT2D eigenvalue weighted by Crippen LogP contribution is -2.42. The minimum Gasteiger partial charge on any atom is -0.444 e. The summed E-state index contributed by atoms with van der Waals surface area (Å²) in [4.78, 5) is 31.8.